The van der Waals surface area contributed by atoms with Crippen LogP contribution in [0.4, 0.5) is 11.5 Å². The summed E-state index contributed by atoms with van der Waals surface area (Å²) in [5.74, 6) is 1.73. The number of hydrogen-bond donors (Lipinski definition) is 2. The average molecular weight is 328 g/mol. The first-order valence-electron chi connectivity index (χ1n) is 8.45. The number of rotatable bonds is 6. The molecular weight excluding hydrogens is 304 g/mol. The second-order valence-electron chi connectivity index (χ2n) is 5.91. The van der Waals surface area contributed by atoms with Crippen LogP contribution in [0.25, 0.3) is 0 Å². The summed E-state index contributed by atoms with van der Waals surface area (Å²) in [4.78, 5) is 11.0. The third-order valence-electron chi connectivity index (χ3n) is 4.11. The molecule has 0 bridgehead atoms. The number of anilines is 2. The van der Waals surface area contributed by atoms with Crippen molar-refractivity contribution in [3.05, 3.63) is 42.4 Å². The van der Waals surface area contributed by atoms with E-state index in [4.69, 9.17) is 4.74 Å². The number of piperidine rings is 1. The Morgan fingerprint density at radius 1 is 1.33 bits per heavy atom. The molecule has 24 heavy (non-hydrogen) atoms. The highest BCUT2D eigenvalue weighted by atomic mass is 16.5. The van der Waals surface area contributed by atoms with Crippen LogP contribution in [0, 0.1) is 0 Å². The van der Waals surface area contributed by atoms with Crippen molar-refractivity contribution in [2.24, 2.45) is 0 Å². The Labute approximate surface area is 142 Å². The van der Waals surface area contributed by atoms with Gasteiger partial charge in [-0.3, -0.25) is 4.98 Å². The highest BCUT2D eigenvalue weighted by Crippen LogP contribution is 2.26. The first-order chi connectivity index (χ1) is 11.8. The lowest BCUT2D eigenvalue weighted by Crippen LogP contribution is -2.36. The highest BCUT2D eigenvalue weighted by molar-refractivity contribution is 5.65. The lowest BCUT2D eigenvalue weighted by atomic mass is 10.1. The van der Waals surface area contributed by atoms with Crippen LogP contribution in [0.1, 0.15) is 25.3 Å². The van der Waals surface area contributed by atoms with Crippen molar-refractivity contribution >= 4 is 11.5 Å². The predicted molar refractivity (Wildman–Crippen MR) is 94.4 cm³/mol. The summed E-state index contributed by atoms with van der Waals surface area (Å²) < 4.78 is 5.49. The van der Waals surface area contributed by atoms with Crippen LogP contribution in [0.3, 0.4) is 0 Å². The van der Waals surface area contributed by atoms with Gasteiger partial charge in [0.1, 0.15) is 5.75 Å². The van der Waals surface area contributed by atoms with Gasteiger partial charge in [-0.1, -0.05) is 0 Å². The standard InChI is InChI=1S/C18H24N4O2/c1-2-24-16-10-14(11-19-13-16)12-21-17-4-3-7-20-18(17)22-8-5-15(23)6-9-22/h3-4,7,10-11,13,15,21,23H,2,5-6,8-9,12H2,1H3. The monoisotopic (exact) mass is 328 g/mol. The predicted octanol–water partition coefficient (Wildman–Crippen LogP) is 2.45. The Bertz CT molecular complexity index is 657. The SMILES string of the molecule is CCOc1cncc(CNc2cccnc2N2CCC(O)CC2)c1. The summed E-state index contributed by atoms with van der Waals surface area (Å²) in [6.07, 6.45) is 6.76. The van der Waals surface area contributed by atoms with Crippen LogP contribution in [-0.4, -0.2) is 40.9 Å². The van der Waals surface area contributed by atoms with Crippen molar-refractivity contribution in [1.82, 2.24) is 9.97 Å². The molecule has 1 aliphatic heterocycles. The molecule has 3 rings (SSSR count). The maximum absolute atomic E-state index is 9.68. The van der Waals surface area contributed by atoms with Gasteiger partial charge in [0.25, 0.3) is 0 Å². The molecule has 1 saturated heterocycles. The van der Waals surface area contributed by atoms with Gasteiger partial charge in [-0.05, 0) is 43.5 Å². The van der Waals surface area contributed by atoms with Gasteiger partial charge in [0, 0.05) is 32.0 Å². The van der Waals surface area contributed by atoms with Gasteiger partial charge in [0.2, 0.25) is 0 Å². The molecule has 1 aliphatic rings. The van der Waals surface area contributed by atoms with Gasteiger partial charge in [-0.25, -0.2) is 4.98 Å². The summed E-state index contributed by atoms with van der Waals surface area (Å²) in [5, 5.41) is 13.1. The minimum absolute atomic E-state index is 0.186. The molecule has 0 atom stereocenters. The van der Waals surface area contributed by atoms with Crippen molar-refractivity contribution in [3.8, 4) is 5.75 Å². The largest absolute Gasteiger partial charge is 0.492 e. The number of aliphatic hydroxyl groups excluding tert-OH is 1. The average Bonchev–Trinajstić information content (AvgIpc) is 2.62. The van der Waals surface area contributed by atoms with Gasteiger partial charge in [0.15, 0.2) is 5.82 Å². The van der Waals surface area contributed by atoms with Crippen molar-refractivity contribution in [3.63, 3.8) is 0 Å². The van der Waals surface area contributed by atoms with E-state index in [0.29, 0.717) is 13.2 Å². The fourth-order valence-corrected chi connectivity index (χ4v) is 2.87. The number of hydrogen-bond acceptors (Lipinski definition) is 6. The molecule has 6 nitrogen and oxygen atoms in total. The molecule has 0 unspecified atom stereocenters. The Balaban J connectivity index is 1.68. The lowest BCUT2D eigenvalue weighted by Gasteiger charge is -2.31. The Morgan fingerprint density at radius 3 is 2.96 bits per heavy atom. The van der Waals surface area contributed by atoms with Crippen LogP contribution in [0.2, 0.25) is 0 Å². The van der Waals surface area contributed by atoms with Crippen LogP contribution in [0.15, 0.2) is 36.8 Å². The number of nitrogens with one attached hydrogen (secondary N) is 1. The number of pyridine rings is 2. The molecule has 2 aromatic heterocycles. The molecule has 0 aliphatic carbocycles. The molecule has 2 aromatic rings. The normalized spacial score (nSPS) is 15.3. The maximum Gasteiger partial charge on any atom is 0.151 e. The second kappa shape index (κ2) is 7.97. The minimum Gasteiger partial charge on any atom is -0.492 e. The van der Waals surface area contributed by atoms with E-state index >= 15 is 0 Å². The molecule has 3 heterocycles. The molecule has 0 aromatic carbocycles. The molecule has 6 heteroatoms. The van der Waals surface area contributed by atoms with E-state index in [0.717, 1.165) is 48.7 Å². The Morgan fingerprint density at radius 2 is 2.17 bits per heavy atom. The molecule has 0 amide bonds. The first kappa shape index (κ1) is 16.5. The van der Waals surface area contributed by atoms with E-state index in [1.807, 2.05) is 37.5 Å². The molecule has 2 N–H and O–H groups in total. The van der Waals surface area contributed by atoms with Crippen LogP contribution >= 0.6 is 0 Å². The van der Waals surface area contributed by atoms with E-state index in [-0.39, 0.29) is 6.10 Å². The van der Waals surface area contributed by atoms with Gasteiger partial charge in [-0.2, -0.15) is 0 Å². The highest BCUT2D eigenvalue weighted by Gasteiger charge is 2.20. The summed E-state index contributed by atoms with van der Waals surface area (Å²) in [5.41, 5.74) is 2.06. The van der Waals surface area contributed by atoms with E-state index in [2.05, 4.69) is 20.2 Å². The van der Waals surface area contributed by atoms with E-state index in [1.165, 1.54) is 0 Å². The van der Waals surface area contributed by atoms with Crippen molar-refractivity contribution in [2.45, 2.75) is 32.4 Å². The third kappa shape index (κ3) is 4.14. The molecule has 0 spiro atoms. The summed E-state index contributed by atoms with van der Waals surface area (Å²) in [7, 11) is 0. The fourth-order valence-electron chi connectivity index (χ4n) is 2.87. The molecule has 0 saturated carbocycles. The Kier molecular flexibility index (Phi) is 5.48. The van der Waals surface area contributed by atoms with Crippen molar-refractivity contribution < 1.29 is 9.84 Å². The van der Waals surface area contributed by atoms with Crippen molar-refractivity contribution in [2.75, 3.05) is 29.9 Å². The second-order valence-corrected chi connectivity index (χ2v) is 5.91. The number of aliphatic hydroxyl groups is 1. The van der Waals surface area contributed by atoms with Crippen LogP contribution in [-0.2, 0) is 6.54 Å². The minimum atomic E-state index is -0.186. The smallest absolute Gasteiger partial charge is 0.151 e. The maximum atomic E-state index is 9.68. The van der Waals surface area contributed by atoms with Crippen LogP contribution < -0.4 is 15.0 Å². The number of nitrogens with zero attached hydrogens (tertiary/aromatic N) is 3. The summed E-state index contributed by atoms with van der Waals surface area (Å²) in [6.45, 7) is 4.90. The summed E-state index contributed by atoms with van der Waals surface area (Å²) in [6, 6.07) is 5.96. The third-order valence-corrected chi connectivity index (χ3v) is 4.11. The molecule has 1 fully saturated rings. The molecule has 128 valence electrons. The zero-order valence-electron chi connectivity index (χ0n) is 14.0. The van der Waals surface area contributed by atoms with Gasteiger partial charge in [-0.15, -0.1) is 0 Å². The zero-order valence-corrected chi connectivity index (χ0v) is 14.0. The fraction of sp³-hybridized carbons (Fsp3) is 0.444. The quantitative estimate of drug-likeness (QED) is 0.849. The number of aromatic nitrogens is 2. The summed E-state index contributed by atoms with van der Waals surface area (Å²) >= 11 is 0. The van der Waals surface area contributed by atoms with Gasteiger partial charge >= 0.3 is 0 Å². The first-order valence-corrected chi connectivity index (χ1v) is 8.45. The lowest BCUT2D eigenvalue weighted by molar-refractivity contribution is 0.145. The topological polar surface area (TPSA) is 70.5 Å². The van der Waals surface area contributed by atoms with E-state index in [1.54, 1.807) is 6.20 Å². The zero-order chi connectivity index (χ0) is 16.8. The molecule has 0 radical (unpaired) electrons. The Hall–Kier alpha value is -2.34. The van der Waals surface area contributed by atoms with Gasteiger partial charge < -0.3 is 20.1 Å². The van der Waals surface area contributed by atoms with Crippen molar-refractivity contribution in [1.29, 1.82) is 0 Å². The number of ether oxygens (including phenoxy) is 1. The molecular formula is C18H24N4O2. The van der Waals surface area contributed by atoms with Crippen LogP contribution in [0.5, 0.6) is 5.75 Å². The van der Waals surface area contributed by atoms with Gasteiger partial charge in [0.05, 0.1) is 24.6 Å². The van der Waals surface area contributed by atoms with E-state index in [9.17, 15) is 5.11 Å². The van der Waals surface area contributed by atoms with E-state index < -0.39 is 0 Å².